The number of anilines is 1. The number of nitrogen functional groups attached to an aromatic ring is 1. The minimum absolute atomic E-state index is 0.281. The molecule has 28 heavy (non-hydrogen) atoms. The highest BCUT2D eigenvalue weighted by molar-refractivity contribution is 5.81. The van der Waals surface area contributed by atoms with E-state index in [0.717, 1.165) is 0 Å². The molecular weight excluding hydrogens is 362 g/mol. The molecule has 2 N–H and O–H groups in total. The van der Waals surface area contributed by atoms with Crippen LogP contribution in [0.25, 0.3) is 11.2 Å². The molecule has 9 nitrogen and oxygen atoms in total. The first-order valence-electron chi connectivity index (χ1n) is 9.53. The summed E-state index contributed by atoms with van der Waals surface area (Å²) < 4.78 is 27.0. The van der Waals surface area contributed by atoms with Crippen LogP contribution in [0.3, 0.4) is 0 Å². The van der Waals surface area contributed by atoms with Gasteiger partial charge < -0.3 is 24.7 Å². The Bertz CT molecular complexity index is 871. The van der Waals surface area contributed by atoms with Crippen molar-refractivity contribution in [3.8, 4) is 0 Å². The fraction of sp³-hybridized carbons (Fsp3) is 0.737. The highest BCUT2D eigenvalue weighted by atomic mass is 16.7. The molecule has 2 aromatic heterocycles. The first-order chi connectivity index (χ1) is 13.0. The van der Waals surface area contributed by atoms with E-state index in [-0.39, 0.29) is 23.4 Å². The van der Waals surface area contributed by atoms with E-state index in [0.29, 0.717) is 30.2 Å². The number of rotatable bonds is 4. The van der Waals surface area contributed by atoms with E-state index in [4.69, 9.17) is 24.7 Å². The molecule has 1 unspecified atom stereocenters. The quantitative estimate of drug-likeness (QED) is 0.844. The second kappa shape index (κ2) is 6.35. The summed E-state index contributed by atoms with van der Waals surface area (Å²) in [5.41, 5.74) is 5.72. The zero-order valence-corrected chi connectivity index (χ0v) is 17.3. The highest BCUT2D eigenvalue weighted by Gasteiger charge is 2.64. The molecule has 0 amide bonds. The van der Waals surface area contributed by atoms with Gasteiger partial charge in [0.05, 0.1) is 30.7 Å². The van der Waals surface area contributed by atoms with Gasteiger partial charge in [0, 0.05) is 0 Å². The molecule has 4 heterocycles. The van der Waals surface area contributed by atoms with Gasteiger partial charge in [0.2, 0.25) is 0 Å². The minimum Gasteiger partial charge on any atom is -0.382 e. The molecule has 2 bridgehead atoms. The standard InChI is InChI=1S/C19H29N5O4/c1-17(2,3)26-8-19-7-25-12(13(19)27-18(4,5)6)16(28-19)24-10-23-11-14(20)21-9-22-15(11)24/h9-10,12-13,16H,7-8H2,1-6H3,(H2,20,21,22)/t12-,13?,16+,19-/m0/s1. The van der Waals surface area contributed by atoms with Crippen molar-refractivity contribution in [1.82, 2.24) is 19.5 Å². The third kappa shape index (κ3) is 3.36. The second-order valence-corrected chi connectivity index (χ2v) is 9.48. The van der Waals surface area contributed by atoms with Crippen molar-refractivity contribution in [2.75, 3.05) is 18.9 Å². The van der Waals surface area contributed by atoms with Gasteiger partial charge in [-0.3, -0.25) is 4.57 Å². The van der Waals surface area contributed by atoms with Crippen LogP contribution in [0.4, 0.5) is 5.82 Å². The predicted molar refractivity (Wildman–Crippen MR) is 103 cm³/mol. The lowest BCUT2D eigenvalue weighted by molar-refractivity contribution is -0.209. The number of imidazole rings is 1. The van der Waals surface area contributed by atoms with Crippen LogP contribution >= 0.6 is 0 Å². The summed E-state index contributed by atoms with van der Waals surface area (Å²) in [5.74, 6) is 0.334. The number of nitrogens with two attached hydrogens (primary N) is 1. The zero-order chi connectivity index (χ0) is 20.3. The van der Waals surface area contributed by atoms with Crippen LogP contribution in [0.1, 0.15) is 47.8 Å². The molecule has 0 spiro atoms. The largest absolute Gasteiger partial charge is 0.382 e. The Balaban J connectivity index is 1.70. The van der Waals surface area contributed by atoms with Crippen LogP contribution in [0, 0.1) is 0 Å². The van der Waals surface area contributed by atoms with Gasteiger partial charge in [-0.15, -0.1) is 0 Å². The number of aromatic nitrogens is 4. The molecule has 0 aromatic carbocycles. The van der Waals surface area contributed by atoms with Crippen molar-refractivity contribution in [1.29, 1.82) is 0 Å². The Morgan fingerprint density at radius 3 is 2.61 bits per heavy atom. The minimum atomic E-state index is -0.703. The van der Waals surface area contributed by atoms with Crippen LogP contribution in [-0.4, -0.2) is 61.7 Å². The number of fused-ring (bicyclic) bond motifs is 3. The summed E-state index contributed by atoms with van der Waals surface area (Å²) >= 11 is 0. The Labute approximate surface area is 164 Å². The third-order valence-electron chi connectivity index (χ3n) is 4.86. The van der Waals surface area contributed by atoms with Gasteiger partial charge in [-0.25, -0.2) is 15.0 Å². The maximum absolute atomic E-state index is 6.54. The van der Waals surface area contributed by atoms with Crippen molar-refractivity contribution >= 4 is 17.0 Å². The van der Waals surface area contributed by atoms with Crippen LogP contribution in [0.5, 0.6) is 0 Å². The van der Waals surface area contributed by atoms with E-state index < -0.39 is 11.8 Å². The van der Waals surface area contributed by atoms with Crippen molar-refractivity contribution in [3.63, 3.8) is 0 Å². The molecule has 0 aliphatic carbocycles. The molecule has 9 heteroatoms. The molecule has 0 radical (unpaired) electrons. The van der Waals surface area contributed by atoms with Crippen molar-refractivity contribution in [2.45, 2.75) is 76.8 Å². The highest BCUT2D eigenvalue weighted by Crippen LogP contribution is 2.48. The first-order valence-corrected chi connectivity index (χ1v) is 9.53. The molecule has 2 aromatic rings. The zero-order valence-electron chi connectivity index (χ0n) is 17.3. The number of nitrogens with zero attached hydrogens (tertiary/aromatic N) is 4. The number of hydrogen-bond acceptors (Lipinski definition) is 8. The maximum Gasteiger partial charge on any atom is 0.167 e. The van der Waals surface area contributed by atoms with Gasteiger partial charge >= 0.3 is 0 Å². The average Bonchev–Trinajstić information content (AvgIpc) is 3.22. The van der Waals surface area contributed by atoms with Crippen LogP contribution in [-0.2, 0) is 18.9 Å². The molecule has 0 saturated carbocycles. The summed E-state index contributed by atoms with van der Waals surface area (Å²) in [5, 5.41) is 0. The SMILES string of the molecule is CC(C)(C)OC[C@@]12CO[C@@H](C1OC(C)(C)C)[C@H](n1cnc3c(N)ncnc31)O2. The van der Waals surface area contributed by atoms with Crippen molar-refractivity contribution in [3.05, 3.63) is 12.7 Å². The smallest absolute Gasteiger partial charge is 0.167 e. The van der Waals surface area contributed by atoms with Crippen molar-refractivity contribution in [2.24, 2.45) is 0 Å². The number of ether oxygens (including phenoxy) is 4. The second-order valence-electron chi connectivity index (χ2n) is 9.48. The molecule has 4 atom stereocenters. The average molecular weight is 391 g/mol. The van der Waals surface area contributed by atoms with E-state index in [9.17, 15) is 0 Å². The summed E-state index contributed by atoms with van der Waals surface area (Å²) in [6, 6.07) is 0. The van der Waals surface area contributed by atoms with Gasteiger partial charge in [-0.1, -0.05) is 0 Å². The van der Waals surface area contributed by atoms with Gasteiger partial charge in [-0.2, -0.15) is 0 Å². The first kappa shape index (κ1) is 19.5. The molecule has 4 rings (SSSR count). The lowest BCUT2D eigenvalue weighted by Crippen LogP contribution is -2.49. The molecule has 154 valence electrons. The Hall–Kier alpha value is -1.81. The molecular formula is C19H29N5O4. The van der Waals surface area contributed by atoms with Crippen LogP contribution in [0.15, 0.2) is 12.7 Å². The van der Waals surface area contributed by atoms with Gasteiger partial charge in [0.15, 0.2) is 17.7 Å². The third-order valence-corrected chi connectivity index (χ3v) is 4.86. The Morgan fingerprint density at radius 1 is 1.18 bits per heavy atom. The molecule has 2 fully saturated rings. The molecule has 2 aliphatic rings. The number of hydrogen-bond donors (Lipinski definition) is 1. The van der Waals surface area contributed by atoms with Gasteiger partial charge in [0.25, 0.3) is 0 Å². The summed E-state index contributed by atoms with van der Waals surface area (Å²) in [4.78, 5) is 12.7. The lowest BCUT2D eigenvalue weighted by atomic mass is 9.98. The van der Waals surface area contributed by atoms with E-state index in [1.54, 1.807) is 6.33 Å². The van der Waals surface area contributed by atoms with E-state index in [1.807, 2.05) is 46.1 Å². The summed E-state index contributed by atoms with van der Waals surface area (Å²) in [7, 11) is 0. The van der Waals surface area contributed by atoms with Crippen molar-refractivity contribution < 1.29 is 18.9 Å². The predicted octanol–water partition coefficient (Wildman–Crippen LogP) is 2.07. The van der Waals surface area contributed by atoms with E-state index in [1.165, 1.54) is 6.33 Å². The van der Waals surface area contributed by atoms with Crippen LogP contribution in [0.2, 0.25) is 0 Å². The van der Waals surface area contributed by atoms with Crippen LogP contribution < -0.4 is 5.73 Å². The Kier molecular flexibility index (Phi) is 4.42. The Morgan fingerprint density at radius 2 is 1.93 bits per heavy atom. The topological polar surface area (TPSA) is 107 Å². The maximum atomic E-state index is 6.54. The molecule has 2 saturated heterocycles. The lowest BCUT2D eigenvalue weighted by Gasteiger charge is -2.35. The fourth-order valence-electron chi connectivity index (χ4n) is 3.67. The van der Waals surface area contributed by atoms with Gasteiger partial charge in [-0.05, 0) is 41.5 Å². The van der Waals surface area contributed by atoms with Gasteiger partial charge in [0.1, 0.15) is 29.7 Å². The fourth-order valence-corrected chi connectivity index (χ4v) is 3.67. The normalized spacial score (nSPS) is 30.4. The summed E-state index contributed by atoms with van der Waals surface area (Å²) in [6.07, 6.45) is 2.06. The monoisotopic (exact) mass is 391 g/mol. The molecule has 2 aliphatic heterocycles. The summed E-state index contributed by atoms with van der Waals surface area (Å²) in [6.45, 7) is 12.9. The van der Waals surface area contributed by atoms with E-state index in [2.05, 4.69) is 15.0 Å². The van der Waals surface area contributed by atoms with E-state index >= 15 is 0 Å².